The Bertz CT molecular complexity index is 338. The van der Waals surface area contributed by atoms with Crippen molar-refractivity contribution in [2.24, 2.45) is 5.92 Å². The normalized spacial score (nSPS) is 12.6. The highest BCUT2D eigenvalue weighted by Gasteiger charge is 2.09. The molecule has 0 heterocycles. The number of methoxy groups -OCH3 is 1. The quantitative estimate of drug-likeness (QED) is 0.724. The molecule has 0 aliphatic heterocycles. The largest absolute Gasteiger partial charge is 0.465 e. The predicted molar refractivity (Wildman–Crippen MR) is 65.7 cm³/mol. The Labute approximate surface area is 97.6 Å². The first-order chi connectivity index (χ1) is 7.54. The zero-order chi connectivity index (χ0) is 12.1. The molecule has 0 aliphatic carbocycles. The first kappa shape index (κ1) is 12.8. The van der Waals surface area contributed by atoms with Gasteiger partial charge in [0.1, 0.15) is 0 Å². The van der Waals surface area contributed by atoms with Crippen LogP contribution >= 0.6 is 0 Å². The molecular formula is C14H20O2. The summed E-state index contributed by atoms with van der Waals surface area (Å²) in [6, 6.07) is 7.69. The molecule has 88 valence electrons. The van der Waals surface area contributed by atoms with Crippen molar-refractivity contribution in [2.45, 2.75) is 33.1 Å². The van der Waals surface area contributed by atoms with Gasteiger partial charge in [-0.3, -0.25) is 0 Å². The smallest absolute Gasteiger partial charge is 0.337 e. The van der Waals surface area contributed by atoms with Gasteiger partial charge in [0, 0.05) is 0 Å². The summed E-state index contributed by atoms with van der Waals surface area (Å²) in [5, 5.41) is 0. The van der Waals surface area contributed by atoms with E-state index in [4.69, 9.17) is 0 Å². The van der Waals surface area contributed by atoms with E-state index in [9.17, 15) is 4.79 Å². The summed E-state index contributed by atoms with van der Waals surface area (Å²) < 4.78 is 4.66. The Morgan fingerprint density at radius 2 is 1.75 bits per heavy atom. The molecule has 0 saturated heterocycles. The van der Waals surface area contributed by atoms with Gasteiger partial charge in [0.15, 0.2) is 0 Å². The van der Waals surface area contributed by atoms with Crippen LogP contribution in [0.5, 0.6) is 0 Å². The SMILES string of the molecule is COC(=O)c1ccc([C@H](C)CC(C)C)cc1. The molecule has 0 aromatic heterocycles. The summed E-state index contributed by atoms with van der Waals surface area (Å²) in [4.78, 5) is 11.3. The number of hydrogen-bond acceptors (Lipinski definition) is 2. The molecule has 1 aromatic rings. The number of carbonyl (C=O) groups is 1. The number of ether oxygens (including phenoxy) is 1. The van der Waals surface area contributed by atoms with Crippen LogP contribution in [0.4, 0.5) is 0 Å². The van der Waals surface area contributed by atoms with E-state index in [1.165, 1.54) is 12.7 Å². The fraction of sp³-hybridized carbons (Fsp3) is 0.500. The summed E-state index contributed by atoms with van der Waals surface area (Å²) in [6.45, 7) is 6.66. The standard InChI is InChI=1S/C14H20O2/c1-10(2)9-11(3)12-5-7-13(8-6-12)14(15)16-4/h5-8,10-11H,9H2,1-4H3/t11-/m1/s1. The van der Waals surface area contributed by atoms with Gasteiger partial charge in [-0.1, -0.05) is 32.9 Å². The highest BCUT2D eigenvalue weighted by molar-refractivity contribution is 5.89. The number of benzene rings is 1. The first-order valence-corrected chi connectivity index (χ1v) is 5.73. The van der Waals surface area contributed by atoms with Crippen molar-refractivity contribution in [3.63, 3.8) is 0 Å². The highest BCUT2D eigenvalue weighted by atomic mass is 16.5. The molecule has 1 rings (SSSR count). The van der Waals surface area contributed by atoms with Crippen molar-refractivity contribution in [2.75, 3.05) is 7.11 Å². The molecule has 1 atom stereocenters. The van der Waals surface area contributed by atoms with Gasteiger partial charge in [-0.05, 0) is 36.0 Å². The van der Waals surface area contributed by atoms with Crippen LogP contribution in [-0.4, -0.2) is 13.1 Å². The van der Waals surface area contributed by atoms with Crippen molar-refractivity contribution in [1.29, 1.82) is 0 Å². The van der Waals surface area contributed by atoms with Crippen molar-refractivity contribution in [3.8, 4) is 0 Å². The number of hydrogen-bond donors (Lipinski definition) is 0. The summed E-state index contributed by atoms with van der Waals surface area (Å²) in [5.74, 6) is 0.949. The van der Waals surface area contributed by atoms with Crippen LogP contribution in [0.3, 0.4) is 0 Å². The summed E-state index contributed by atoms with van der Waals surface area (Å²) in [6.07, 6.45) is 1.16. The predicted octanol–water partition coefficient (Wildman–Crippen LogP) is 3.62. The van der Waals surface area contributed by atoms with E-state index in [2.05, 4.69) is 25.5 Å². The average Bonchev–Trinajstić information content (AvgIpc) is 2.27. The second-order valence-corrected chi connectivity index (χ2v) is 4.64. The first-order valence-electron chi connectivity index (χ1n) is 5.73. The molecule has 0 unspecified atom stereocenters. The molecule has 0 amide bonds. The van der Waals surface area contributed by atoms with Gasteiger partial charge >= 0.3 is 5.97 Å². The zero-order valence-electron chi connectivity index (χ0n) is 10.5. The second kappa shape index (κ2) is 5.69. The third-order valence-corrected chi connectivity index (χ3v) is 2.73. The third-order valence-electron chi connectivity index (χ3n) is 2.73. The van der Waals surface area contributed by atoms with Crippen LogP contribution in [0.2, 0.25) is 0 Å². The van der Waals surface area contributed by atoms with Gasteiger partial charge < -0.3 is 4.74 Å². The van der Waals surface area contributed by atoms with Crippen LogP contribution in [0.1, 0.15) is 49.0 Å². The lowest BCUT2D eigenvalue weighted by molar-refractivity contribution is 0.0600. The lowest BCUT2D eigenvalue weighted by atomic mass is 9.91. The average molecular weight is 220 g/mol. The molecule has 0 saturated carbocycles. The Morgan fingerprint density at radius 1 is 1.19 bits per heavy atom. The maximum atomic E-state index is 11.3. The third kappa shape index (κ3) is 3.37. The van der Waals surface area contributed by atoms with E-state index in [1.54, 1.807) is 0 Å². The maximum Gasteiger partial charge on any atom is 0.337 e. The fourth-order valence-corrected chi connectivity index (χ4v) is 1.91. The summed E-state index contributed by atoms with van der Waals surface area (Å²) >= 11 is 0. The molecule has 2 nitrogen and oxygen atoms in total. The zero-order valence-corrected chi connectivity index (χ0v) is 10.5. The Hall–Kier alpha value is -1.31. The molecular weight excluding hydrogens is 200 g/mol. The monoisotopic (exact) mass is 220 g/mol. The van der Waals surface area contributed by atoms with Gasteiger partial charge in [-0.25, -0.2) is 4.79 Å². The minimum absolute atomic E-state index is 0.275. The van der Waals surface area contributed by atoms with Crippen LogP contribution in [0.25, 0.3) is 0 Å². The molecule has 0 radical (unpaired) electrons. The van der Waals surface area contributed by atoms with Crippen LogP contribution in [0.15, 0.2) is 24.3 Å². The second-order valence-electron chi connectivity index (χ2n) is 4.64. The molecule has 0 fully saturated rings. The highest BCUT2D eigenvalue weighted by Crippen LogP contribution is 2.23. The molecule has 0 bridgehead atoms. The molecule has 2 heteroatoms. The van der Waals surface area contributed by atoms with Crippen LogP contribution < -0.4 is 0 Å². The molecule has 0 aliphatic rings. The van der Waals surface area contributed by atoms with E-state index in [0.29, 0.717) is 17.4 Å². The van der Waals surface area contributed by atoms with Gasteiger partial charge in [-0.2, -0.15) is 0 Å². The number of carbonyl (C=O) groups excluding carboxylic acids is 1. The van der Waals surface area contributed by atoms with Gasteiger partial charge in [-0.15, -0.1) is 0 Å². The van der Waals surface area contributed by atoms with Crippen LogP contribution in [-0.2, 0) is 4.74 Å². The number of esters is 1. The topological polar surface area (TPSA) is 26.3 Å². The van der Waals surface area contributed by atoms with Crippen LogP contribution in [0, 0.1) is 5.92 Å². The minimum Gasteiger partial charge on any atom is -0.465 e. The maximum absolute atomic E-state index is 11.3. The van der Waals surface area contributed by atoms with E-state index in [1.807, 2.05) is 24.3 Å². The van der Waals surface area contributed by atoms with E-state index in [0.717, 1.165) is 6.42 Å². The van der Waals surface area contributed by atoms with E-state index < -0.39 is 0 Å². The molecule has 1 aromatic carbocycles. The molecule has 0 N–H and O–H groups in total. The minimum atomic E-state index is -0.275. The molecule has 16 heavy (non-hydrogen) atoms. The van der Waals surface area contributed by atoms with E-state index in [-0.39, 0.29) is 5.97 Å². The van der Waals surface area contributed by atoms with Crippen molar-refractivity contribution >= 4 is 5.97 Å². The van der Waals surface area contributed by atoms with Crippen molar-refractivity contribution in [1.82, 2.24) is 0 Å². The van der Waals surface area contributed by atoms with Crippen molar-refractivity contribution < 1.29 is 9.53 Å². The Kier molecular flexibility index (Phi) is 4.53. The fourth-order valence-electron chi connectivity index (χ4n) is 1.91. The van der Waals surface area contributed by atoms with Gasteiger partial charge in [0.2, 0.25) is 0 Å². The van der Waals surface area contributed by atoms with Crippen molar-refractivity contribution in [3.05, 3.63) is 35.4 Å². The lowest BCUT2D eigenvalue weighted by Crippen LogP contribution is -2.03. The summed E-state index contributed by atoms with van der Waals surface area (Å²) in [7, 11) is 1.40. The molecule has 0 spiro atoms. The van der Waals surface area contributed by atoms with E-state index >= 15 is 0 Å². The summed E-state index contributed by atoms with van der Waals surface area (Å²) in [5.41, 5.74) is 1.89. The lowest BCUT2D eigenvalue weighted by Gasteiger charge is -2.14. The van der Waals surface area contributed by atoms with Gasteiger partial charge in [0.25, 0.3) is 0 Å². The van der Waals surface area contributed by atoms with Gasteiger partial charge in [0.05, 0.1) is 12.7 Å². The Morgan fingerprint density at radius 3 is 2.19 bits per heavy atom. The number of rotatable bonds is 4. The Balaban J connectivity index is 2.74.